The van der Waals surface area contributed by atoms with Crippen molar-refractivity contribution < 1.29 is 14.7 Å². The summed E-state index contributed by atoms with van der Waals surface area (Å²) in [5.41, 5.74) is 0.867. The molecule has 4 nitrogen and oxygen atoms in total. The van der Waals surface area contributed by atoms with Gasteiger partial charge in [-0.25, -0.2) is 0 Å². The second-order valence-electron chi connectivity index (χ2n) is 4.80. The summed E-state index contributed by atoms with van der Waals surface area (Å²) in [4.78, 5) is 22.8. The molecule has 16 heavy (non-hydrogen) atoms. The largest absolute Gasteiger partial charge is 0.481 e. The van der Waals surface area contributed by atoms with Crippen LogP contribution in [0.1, 0.15) is 26.7 Å². The second-order valence-corrected chi connectivity index (χ2v) is 4.80. The Morgan fingerprint density at radius 3 is 2.44 bits per heavy atom. The van der Waals surface area contributed by atoms with Crippen molar-refractivity contribution in [3.8, 4) is 0 Å². The summed E-state index contributed by atoms with van der Waals surface area (Å²) < 4.78 is 0. The van der Waals surface area contributed by atoms with Crippen molar-refractivity contribution in [2.24, 2.45) is 17.8 Å². The van der Waals surface area contributed by atoms with Crippen LogP contribution >= 0.6 is 0 Å². The molecule has 0 spiro atoms. The highest BCUT2D eigenvalue weighted by Crippen LogP contribution is 2.36. The Hall–Kier alpha value is -1.32. The van der Waals surface area contributed by atoms with Gasteiger partial charge in [0.2, 0.25) is 5.91 Å². The van der Waals surface area contributed by atoms with Crippen LogP contribution in [0.25, 0.3) is 0 Å². The van der Waals surface area contributed by atoms with Gasteiger partial charge in [-0.1, -0.05) is 19.1 Å². The third-order valence-corrected chi connectivity index (χ3v) is 3.02. The normalized spacial score (nSPS) is 28.8. The molecule has 0 aromatic rings. The van der Waals surface area contributed by atoms with Crippen LogP contribution < -0.4 is 5.32 Å². The molecule has 1 aliphatic carbocycles. The topological polar surface area (TPSA) is 66.4 Å². The predicted octanol–water partition coefficient (Wildman–Crippen LogP) is 1.43. The highest BCUT2D eigenvalue weighted by atomic mass is 16.4. The van der Waals surface area contributed by atoms with E-state index in [1.807, 2.05) is 13.8 Å². The molecule has 0 saturated heterocycles. The molecule has 90 valence electrons. The Balaban J connectivity index is 2.59. The Labute approximate surface area is 95.7 Å². The summed E-state index contributed by atoms with van der Waals surface area (Å²) in [6.07, 6.45) is 1.26. The van der Waals surface area contributed by atoms with Crippen LogP contribution in [-0.4, -0.2) is 23.5 Å². The maximum absolute atomic E-state index is 11.8. The number of carboxylic acids is 1. The van der Waals surface area contributed by atoms with Crippen molar-refractivity contribution in [1.82, 2.24) is 5.32 Å². The molecule has 1 amide bonds. The summed E-state index contributed by atoms with van der Waals surface area (Å²) >= 11 is 0. The SMILES string of the molecule is C=C(C)CNC(=O)C1CC(C)CC1C(=O)O. The zero-order chi connectivity index (χ0) is 12.3. The van der Waals surface area contributed by atoms with Crippen LogP contribution in [0.15, 0.2) is 12.2 Å². The first-order chi connectivity index (χ1) is 7.41. The van der Waals surface area contributed by atoms with E-state index < -0.39 is 11.9 Å². The molecule has 0 radical (unpaired) electrons. The highest BCUT2D eigenvalue weighted by Gasteiger charge is 2.40. The van der Waals surface area contributed by atoms with Gasteiger partial charge in [-0.3, -0.25) is 9.59 Å². The average molecular weight is 225 g/mol. The summed E-state index contributed by atoms with van der Waals surface area (Å²) in [5, 5.41) is 11.8. The number of hydrogen-bond donors (Lipinski definition) is 2. The monoisotopic (exact) mass is 225 g/mol. The molecule has 1 rings (SSSR count). The van der Waals surface area contributed by atoms with Gasteiger partial charge in [0.1, 0.15) is 0 Å². The number of carboxylic acid groups (broad SMARTS) is 1. The van der Waals surface area contributed by atoms with E-state index >= 15 is 0 Å². The highest BCUT2D eigenvalue weighted by molar-refractivity contribution is 5.85. The van der Waals surface area contributed by atoms with Crippen molar-refractivity contribution in [1.29, 1.82) is 0 Å². The van der Waals surface area contributed by atoms with Gasteiger partial charge in [0.15, 0.2) is 0 Å². The first-order valence-electron chi connectivity index (χ1n) is 5.56. The van der Waals surface area contributed by atoms with E-state index in [2.05, 4.69) is 11.9 Å². The summed E-state index contributed by atoms with van der Waals surface area (Å²) in [7, 11) is 0. The Morgan fingerprint density at radius 2 is 1.94 bits per heavy atom. The van der Waals surface area contributed by atoms with Gasteiger partial charge in [-0.15, -0.1) is 0 Å². The van der Waals surface area contributed by atoms with Gasteiger partial charge in [0.25, 0.3) is 0 Å². The van der Waals surface area contributed by atoms with E-state index in [1.54, 1.807) is 0 Å². The van der Waals surface area contributed by atoms with Crippen LogP contribution in [0, 0.1) is 17.8 Å². The third-order valence-electron chi connectivity index (χ3n) is 3.02. The van der Waals surface area contributed by atoms with E-state index in [9.17, 15) is 9.59 Å². The van der Waals surface area contributed by atoms with Crippen molar-refractivity contribution >= 4 is 11.9 Å². The van der Waals surface area contributed by atoms with E-state index in [0.717, 1.165) is 5.57 Å². The molecular weight excluding hydrogens is 206 g/mol. The molecule has 0 bridgehead atoms. The fraction of sp³-hybridized carbons (Fsp3) is 0.667. The number of carbonyl (C=O) groups excluding carboxylic acids is 1. The van der Waals surface area contributed by atoms with Crippen LogP contribution in [-0.2, 0) is 9.59 Å². The van der Waals surface area contributed by atoms with E-state index in [1.165, 1.54) is 0 Å². The molecule has 0 heterocycles. The van der Waals surface area contributed by atoms with Crippen molar-refractivity contribution in [3.63, 3.8) is 0 Å². The van der Waals surface area contributed by atoms with Crippen LogP contribution in [0.3, 0.4) is 0 Å². The van der Waals surface area contributed by atoms with Gasteiger partial charge < -0.3 is 10.4 Å². The van der Waals surface area contributed by atoms with Crippen LogP contribution in [0.5, 0.6) is 0 Å². The maximum atomic E-state index is 11.8. The zero-order valence-electron chi connectivity index (χ0n) is 9.82. The number of amides is 1. The smallest absolute Gasteiger partial charge is 0.307 e. The lowest BCUT2D eigenvalue weighted by atomic mass is 9.95. The van der Waals surface area contributed by atoms with Gasteiger partial charge in [-0.05, 0) is 25.7 Å². The molecular formula is C12H19NO3. The minimum absolute atomic E-state index is 0.153. The van der Waals surface area contributed by atoms with Crippen molar-refractivity contribution in [2.75, 3.05) is 6.54 Å². The molecule has 4 heteroatoms. The third kappa shape index (κ3) is 3.08. The van der Waals surface area contributed by atoms with E-state index in [-0.39, 0.29) is 11.8 Å². The van der Waals surface area contributed by atoms with Gasteiger partial charge >= 0.3 is 5.97 Å². The lowest BCUT2D eigenvalue weighted by Gasteiger charge is -2.15. The first-order valence-corrected chi connectivity index (χ1v) is 5.56. The van der Waals surface area contributed by atoms with E-state index in [4.69, 9.17) is 5.11 Å². The molecule has 3 atom stereocenters. The number of aliphatic carboxylic acids is 1. The predicted molar refractivity (Wildman–Crippen MR) is 60.8 cm³/mol. The van der Waals surface area contributed by atoms with Crippen molar-refractivity contribution in [3.05, 3.63) is 12.2 Å². The number of rotatable bonds is 4. The quantitative estimate of drug-likeness (QED) is 0.711. The molecule has 3 unspecified atom stereocenters. The number of nitrogens with one attached hydrogen (secondary N) is 1. The number of carbonyl (C=O) groups is 2. The average Bonchev–Trinajstić information content (AvgIpc) is 2.56. The van der Waals surface area contributed by atoms with Crippen LogP contribution in [0.2, 0.25) is 0 Å². The van der Waals surface area contributed by atoms with E-state index in [0.29, 0.717) is 25.3 Å². The van der Waals surface area contributed by atoms with Crippen LogP contribution in [0.4, 0.5) is 0 Å². The maximum Gasteiger partial charge on any atom is 0.307 e. The molecule has 0 aromatic heterocycles. The Morgan fingerprint density at radius 1 is 1.38 bits per heavy atom. The zero-order valence-corrected chi connectivity index (χ0v) is 9.82. The Kier molecular flexibility index (Phi) is 4.10. The fourth-order valence-corrected chi connectivity index (χ4v) is 2.22. The first kappa shape index (κ1) is 12.7. The minimum atomic E-state index is -0.861. The molecule has 0 aliphatic heterocycles. The summed E-state index contributed by atoms with van der Waals surface area (Å²) in [6.45, 7) is 7.93. The second kappa shape index (κ2) is 5.14. The molecule has 1 fully saturated rings. The number of hydrogen-bond acceptors (Lipinski definition) is 2. The minimum Gasteiger partial charge on any atom is -0.481 e. The summed E-state index contributed by atoms with van der Waals surface area (Å²) in [5.74, 6) is -1.62. The van der Waals surface area contributed by atoms with Crippen molar-refractivity contribution in [2.45, 2.75) is 26.7 Å². The summed E-state index contributed by atoms with van der Waals surface area (Å²) in [6, 6.07) is 0. The standard InChI is InChI=1S/C12H19NO3/c1-7(2)6-13-11(14)9-4-8(3)5-10(9)12(15)16/h8-10H,1,4-6H2,2-3H3,(H,13,14)(H,15,16). The van der Waals surface area contributed by atoms with Gasteiger partial charge in [-0.2, -0.15) is 0 Å². The Bertz CT molecular complexity index is 311. The van der Waals surface area contributed by atoms with Gasteiger partial charge in [0.05, 0.1) is 11.8 Å². The lowest BCUT2D eigenvalue weighted by Crippen LogP contribution is -2.35. The molecule has 0 aromatic carbocycles. The fourth-order valence-electron chi connectivity index (χ4n) is 2.22. The molecule has 1 aliphatic rings. The van der Waals surface area contributed by atoms with Gasteiger partial charge in [0, 0.05) is 6.54 Å². The molecule has 1 saturated carbocycles. The lowest BCUT2D eigenvalue weighted by molar-refractivity contribution is -0.146. The molecule has 2 N–H and O–H groups in total.